The van der Waals surface area contributed by atoms with Crippen LogP contribution in [0.2, 0.25) is 0 Å². The van der Waals surface area contributed by atoms with Crippen molar-refractivity contribution in [3.63, 3.8) is 0 Å². The Kier molecular flexibility index (Phi) is 5.97. The predicted octanol–water partition coefficient (Wildman–Crippen LogP) is 5.94. The number of anilines is 1. The molecule has 35 heavy (non-hydrogen) atoms. The van der Waals surface area contributed by atoms with Crippen LogP contribution in [0.5, 0.6) is 5.75 Å². The monoisotopic (exact) mass is 487 g/mol. The van der Waals surface area contributed by atoms with E-state index in [9.17, 15) is 8.42 Å². The largest absolute Gasteiger partial charge is 0.488 e. The minimum Gasteiger partial charge on any atom is -0.488 e. The molecule has 1 radical (unpaired) electrons. The number of nitrogens with one attached hydrogen (secondary N) is 1. The zero-order valence-electron chi connectivity index (χ0n) is 20.4. The SMILES string of the molecule is CC/C(=C1\C2=C(C=C3C(=CN=[N+]3C(C)C)[CH]2)COc2ccccc21)c1cccc(NS(C)(=O)=O)c1. The predicted molar refractivity (Wildman–Crippen MR) is 139 cm³/mol. The van der Waals surface area contributed by atoms with Gasteiger partial charge in [-0.3, -0.25) is 4.72 Å². The van der Waals surface area contributed by atoms with Gasteiger partial charge in [-0.15, -0.1) is 0 Å². The Morgan fingerprint density at radius 1 is 1.17 bits per heavy atom. The van der Waals surface area contributed by atoms with E-state index in [-0.39, 0.29) is 6.04 Å². The second-order valence-corrected chi connectivity index (χ2v) is 10.9. The van der Waals surface area contributed by atoms with E-state index in [2.05, 4.69) is 49.2 Å². The summed E-state index contributed by atoms with van der Waals surface area (Å²) >= 11 is 0. The van der Waals surface area contributed by atoms with E-state index in [4.69, 9.17) is 4.74 Å². The summed E-state index contributed by atoms with van der Waals surface area (Å²) in [6, 6.07) is 15.9. The highest BCUT2D eigenvalue weighted by Gasteiger charge is 2.36. The summed E-state index contributed by atoms with van der Waals surface area (Å²) in [5.74, 6) is 0.838. The van der Waals surface area contributed by atoms with Gasteiger partial charge in [0.2, 0.25) is 15.7 Å². The second kappa shape index (κ2) is 8.96. The van der Waals surface area contributed by atoms with Gasteiger partial charge in [-0.2, -0.15) is 0 Å². The van der Waals surface area contributed by atoms with Crippen LogP contribution in [0.15, 0.2) is 88.3 Å². The van der Waals surface area contributed by atoms with Crippen LogP contribution in [0.4, 0.5) is 5.69 Å². The number of hydrogen-bond donors (Lipinski definition) is 1. The molecule has 5 rings (SSSR count). The molecule has 6 nitrogen and oxygen atoms in total. The van der Waals surface area contributed by atoms with Crippen molar-refractivity contribution >= 4 is 26.9 Å². The van der Waals surface area contributed by atoms with Crippen LogP contribution in [0.1, 0.15) is 38.3 Å². The van der Waals surface area contributed by atoms with Gasteiger partial charge in [-0.05, 0) is 65.9 Å². The summed E-state index contributed by atoms with van der Waals surface area (Å²) in [4.78, 5) is 0. The van der Waals surface area contributed by atoms with E-state index in [1.54, 1.807) is 6.07 Å². The van der Waals surface area contributed by atoms with Gasteiger partial charge in [0.1, 0.15) is 18.6 Å². The second-order valence-electron chi connectivity index (χ2n) is 9.20. The van der Waals surface area contributed by atoms with Crippen molar-refractivity contribution in [1.82, 2.24) is 0 Å². The zero-order valence-corrected chi connectivity index (χ0v) is 21.2. The molecule has 0 spiro atoms. The molecule has 179 valence electrons. The third-order valence-electron chi connectivity index (χ3n) is 6.29. The Labute approximate surface area is 207 Å². The molecule has 0 bridgehead atoms. The van der Waals surface area contributed by atoms with E-state index in [1.807, 2.05) is 47.3 Å². The Hall–Kier alpha value is -3.45. The minimum absolute atomic E-state index is 0.251. The van der Waals surface area contributed by atoms with Gasteiger partial charge in [0.15, 0.2) is 6.04 Å². The molecule has 1 aliphatic carbocycles. The van der Waals surface area contributed by atoms with Gasteiger partial charge in [0.25, 0.3) is 0 Å². The fourth-order valence-corrected chi connectivity index (χ4v) is 5.39. The molecule has 0 unspecified atom stereocenters. The van der Waals surface area contributed by atoms with E-state index >= 15 is 0 Å². The maximum Gasteiger partial charge on any atom is 0.238 e. The summed E-state index contributed by atoms with van der Waals surface area (Å²) in [7, 11) is -3.38. The number of benzene rings is 2. The summed E-state index contributed by atoms with van der Waals surface area (Å²) in [6.45, 7) is 6.84. The normalized spacial score (nSPS) is 18.5. The van der Waals surface area contributed by atoms with Crippen LogP contribution >= 0.6 is 0 Å². The summed E-state index contributed by atoms with van der Waals surface area (Å²) in [6.07, 6.45) is 8.25. The van der Waals surface area contributed by atoms with Gasteiger partial charge in [-0.25, -0.2) is 8.42 Å². The lowest BCUT2D eigenvalue weighted by Gasteiger charge is -2.22. The third-order valence-corrected chi connectivity index (χ3v) is 6.89. The molecule has 0 fully saturated rings. The number of para-hydroxylation sites is 1. The summed E-state index contributed by atoms with van der Waals surface area (Å²) < 4.78 is 34.6. The van der Waals surface area contributed by atoms with E-state index in [1.165, 1.54) is 0 Å². The lowest BCUT2D eigenvalue weighted by molar-refractivity contribution is -0.565. The van der Waals surface area contributed by atoms with Gasteiger partial charge < -0.3 is 4.74 Å². The highest BCUT2D eigenvalue weighted by atomic mass is 32.2. The molecule has 2 aliphatic heterocycles. The van der Waals surface area contributed by atoms with Crippen LogP contribution in [-0.4, -0.2) is 32.0 Å². The molecule has 0 saturated carbocycles. The minimum atomic E-state index is -3.38. The van der Waals surface area contributed by atoms with Crippen LogP contribution < -0.4 is 9.46 Å². The van der Waals surface area contributed by atoms with E-state index < -0.39 is 10.0 Å². The van der Waals surface area contributed by atoms with E-state index in [0.29, 0.717) is 12.3 Å². The zero-order chi connectivity index (χ0) is 24.7. The van der Waals surface area contributed by atoms with Crippen molar-refractivity contribution in [1.29, 1.82) is 0 Å². The molecular weight excluding hydrogens is 458 g/mol. The van der Waals surface area contributed by atoms with Crippen molar-refractivity contribution < 1.29 is 17.9 Å². The average Bonchev–Trinajstić information content (AvgIpc) is 3.16. The number of sulfonamides is 1. The van der Waals surface area contributed by atoms with Crippen molar-refractivity contribution in [3.8, 4) is 5.75 Å². The molecule has 0 saturated heterocycles. The molecule has 3 aliphatic rings. The first-order valence-corrected chi connectivity index (χ1v) is 13.7. The summed E-state index contributed by atoms with van der Waals surface area (Å²) in [5.41, 5.74) is 9.15. The Morgan fingerprint density at radius 3 is 2.71 bits per heavy atom. The molecule has 0 amide bonds. The number of hydrogen-bond acceptors (Lipinski definition) is 4. The van der Waals surface area contributed by atoms with Crippen LogP contribution in [-0.2, 0) is 10.0 Å². The molecule has 2 heterocycles. The molecule has 2 aromatic rings. The maximum atomic E-state index is 11.9. The molecule has 0 atom stereocenters. The highest BCUT2D eigenvalue weighted by molar-refractivity contribution is 7.92. The van der Waals surface area contributed by atoms with Gasteiger partial charge in [-0.1, -0.05) is 42.0 Å². The Morgan fingerprint density at radius 2 is 1.97 bits per heavy atom. The lowest BCUT2D eigenvalue weighted by Crippen LogP contribution is -2.19. The van der Waals surface area contributed by atoms with Gasteiger partial charge in [0.05, 0.1) is 11.8 Å². The lowest BCUT2D eigenvalue weighted by atomic mass is 9.80. The number of allylic oxidation sites excluding steroid dienone is 4. The Balaban J connectivity index is 1.73. The number of rotatable bonds is 5. The van der Waals surface area contributed by atoms with Gasteiger partial charge in [0, 0.05) is 29.3 Å². The molecule has 1 N–H and O–H groups in total. The van der Waals surface area contributed by atoms with Crippen LogP contribution in [0, 0.1) is 6.42 Å². The molecule has 7 heteroatoms. The fraction of sp³-hybridized carbons (Fsp3) is 0.250. The first-order chi connectivity index (χ1) is 16.7. The topological polar surface area (TPSA) is 70.8 Å². The average molecular weight is 488 g/mol. The first kappa shape index (κ1) is 23.3. The van der Waals surface area contributed by atoms with Crippen LogP contribution in [0.3, 0.4) is 0 Å². The van der Waals surface area contributed by atoms with Crippen LogP contribution in [0.25, 0.3) is 11.1 Å². The smallest absolute Gasteiger partial charge is 0.238 e. The number of ether oxygens (including phenoxy) is 1. The Bertz CT molecular complexity index is 1470. The quantitative estimate of drug-likeness (QED) is 0.531. The fourth-order valence-electron chi connectivity index (χ4n) is 4.83. The number of fused-ring (bicyclic) bond motifs is 2. The van der Waals surface area contributed by atoms with Crippen molar-refractivity contribution in [2.24, 2.45) is 5.11 Å². The maximum absolute atomic E-state index is 11.9. The summed E-state index contributed by atoms with van der Waals surface area (Å²) in [5, 5.41) is 4.62. The standard InChI is InChI=1S/C28H29N3O3S/c1-5-23(19-9-8-10-22(13-19)30-35(4,32)33)28-24-11-6-7-12-27(24)34-17-21-15-26-20(14-25(21)28)16-29-31(26)18(2)3/h6-16,18,30H,5,17H2,1-4H3/q+1/b28-23+. The van der Waals surface area contributed by atoms with E-state index in [0.717, 1.165) is 63.1 Å². The molecule has 2 aromatic carbocycles. The molecular formula is C28H29N3O3S+. The first-order valence-electron chi connectivity index (χ1n) is 11.8. The van der Waals surface area contributed by atoms with Crippen molar-refractivity contribution in [2.45, 2.75) is 33.2 Å². The van der Waals surface area contributed by atoms with Crippen molar-refractivity contribution in [3.05, 3.63) is 101 Å². The number of nitrogens with zero attached hydrogens (tertiary/aromatic N) is 2. The third kappa shape index (κ3) is 4.48. The van der Waals surface area contributed by atoms with Crippen molar-refractivity contribution in [2.75, 3.05) is 17.6 Å². The van der Waals surface area contributed by atoms with Gasteiger partial charge >= 0.3 is 0 Å². The highest BCUT2D eigenvalue weighted by Crippen LogP contribution is 2.47. The molecule has 0 aromatic heterocycles. The number of azo groups is 2.